The Kier molecular flexibility index (Phi) is 4.74. The number of hydrogen-bond donors (Lipinski definition) is 5. The molecule has 0 aromatic carbocycles. The van der Waals surface area contributed by atoms with Crippen LogP contribution in [0.25, 0.3) is 0 Å². The number of aliphatic carboxylic acids is 1. The number of carboxylic acids is 1. The quantitative estimate of drug-likeness (QED) is 0.426. The smallest absolute Gasteiger partial charge is 0.451 e. The fraction of sp³-hybridized carbons (Fsp3) is 0.923. The van der Waals surface area contributed by atoms with E-state index in [1.807, 2.05) is 7.05 Å². The molecule has 20 heavy (non-hydrogen) atoms. The van der Waals surface area contributed by atoms with Gasteiger partial charge in [0.15, 0.2) is 0 Å². The van der Waals surface area contributed by atoms with E-state index in [1.165, 1.54) is 0 Å². The summed E-state index contributed by atoms with van der Waals surface area (Å²) >= 11 is 0. The molecule has 2 rings (SSSR count). The lowest BCUT2D eigenvalue weighted by Gasteiger charge is -2.30. The van der Waals surface area contributed by atoms with Crippen LogP contribution in [-0.2, 0) is 4.79 Å². The second-order valence-corrected chi connectivity index (χ2v) is 6.45. The molecule has 2 aliphatic carbocycles. The van der Waals surface area contributed by atoms with E-state index in [4.69, 9.17) is 15.8 Å². The maximum atomic E-state index is 11.6. The molecule has 2 fully saturated rings. The average Bonchev–Trinajstić information content (AvgIpc) is 2.86. The van der Waals surface area contributed by atoms with Crippen molar-refractivity contribution in [3.05, 3.63) is 0 Å². The summed E-state index contributed by atoms with van der Waals surface area (Å²) in [6.45, 7) is 0. The Morgan fingerprint density at radius 1 is 1.45 bits per heavy atom. The number of nitrogens with two attached hydrogens (primary N) is 1. The third-order valence-electron chi connectivity index (χ3n) is 5.31. The van der Waals surface area contributed by atoms with Crippen LogP contribution >= 0.6 is 0 Å². The third-order valence-corrected chi connectivity index (χ3v) is 5.31. The van der Waals surface area contributed by atoms with Gasteiger partial charge >= 0.3 is 13.1 Å². The van der Waals surface area contributed by atoms with Crippen molar-refractivity contribution in [2.24, 2.45) is 23.5 Å². The van der Waals surface area contributed by atoms with Crippen molar-refractivity contribution in [2.45, 2.75) is 50.0 Å². The highest BCUT2D eigenvalue weighted by molar-refractivity contribution is 6.40. The highest BCUT2D eigenvalue weighted by Gasteiger charge is 2.57. The first kappa shape index (κ1) is 15.8. The van der Waals surface area contributed by atoms with E-state index in [-0.39, 0.29) is 12.2 Å². The molecule has 0 bridgehead atoms. The summed E-state index contributed by atoms with van der Waals surface area (Å²) in [6.07, 6.45) is 4.03. The number of carboxylic acid groups (broad SMARTS) is 1. The predicted octanol–water partition coefficient (Wildman–Crippen LogP) is -0.344. The van der Waals surface area contributed by atoms with Gasteiger partial charge < -0.3 is 26.2 Å². The number of hydrogen-bond acceptors (Lipinski definition) is 5. The molecule has 7 heteroatoms. The highest BCUT2D eigenvalue weighted by atomic mass is 16.4. The Morgan fingerprint density at radius 2 is 2.15 bits per heavy atom. The van der Waals surface area contributed by atoms with Crippen LogP contribution in [0.4, 0.5) is 0 Å². The number of nitrogens with one attached hydrogen (secondary N) is 1. The largest absolute Gasteiger partial charge is 0.480 e. The van der Waals surface area contributed by atoms with Crippen LogP contribution in [0.3, 0.4) is 0 Å². The molecule has 0 aliphatic heterocycles. The summed E-state index contributed by atoms with van der Waals surface area (Å²) in [7, 11) is 0.619. The monoisotopic (exact) mass is 284 g/mol. The van der Waals surface area contributed by atoms with Crippen LogP contribution in [0.5, 0.6) is 0 Å². The molecule has 114 valence electrons. The molecule has 0 radical (unpaired) electrons. The van der Waals surface area contributed by atoms with Crippen molar-refractivity contribution in [1.29, 1.82) is 0 Å². The van der Waals surface area contributed by atoms with Crippen molar-refractivity contribution in [3.8, 4) is 0 Å². The second kappa shape index (κ2) is 6.01. The van der Waals surface area contributed by atoms with Gasteiger partial charge in [0.25, 0.3) is 0 Å². The SMILES string of the molecule is CN[C@@H]1C[C@@H]2C[C@@](N)(C(=O)O)[C@@H](CCCB(O)O)[C@@H]2C1. The zero-order chi connectivity index (χ0) is 14.9. The molecule has 0 amide bonds. The fourth-order valence-corrected chi connectivity index (χ4v) is 4.33. The van der Waals surface area contributed by atoms with Crippen LogP contribution in [0, 0.1) is 17.8 Å². The molecule has 0 spiro atoms. The molecule has 0 heterocycles. The Bertz CT molecular complexity index is 368. The van der Waals surface area contributed by atoms with Gasteiger partial charge in [-0.05, 0) is 56.8 Å². The first-order valence-electron chi connectivity index (χ1n) is 7.44. The minimum absolute atomic E-state index is 0.0675. The first-order chi connectivity index (χ1) is 9.38. The Balaban J connectivity index is 2.07. The van der Waals surface area contributed by atoms with Crippen molar-refractivity contribution in [1.82, 2.24) is 5.32 Å². The molecular weight excluding hydrogens is 259 g/mol. The van der Waals surface area contributed by atoms with Crippen LogP contribution < -0.4 is 11.1 Å². The summed E-state index contributed by atoms with van der Waals surface area (Å²) in [5.41, 5.74) is 5.05. The van der Waals surface area contributed by atoms with E-state index in [9.17, 15) is 9.90 Å². The van der Waals surface area contributed by atoms with E-state index in [1.54, 1.807) is 0 Å². The number of carbonyl (C=O) groups is 1. The van der Waals surface area contributed by atoms with Crippen LogP contribution in [0.1, 0.15) is 32.1 Å². The van der Waals surface area contributed by atoms with Gasteiger partial charge in [-0.2, -0.15) is 0 Å². The maximum Gasteiger partial charge on any atom is 0.451 e. The van der Waals surface area contributed by atoms with Crippen molar-refractivity contribution < 1.29 is 19.9 Å². The minimum atomic E-state index is -1.32. The lowest BCUT2D eigenvalue weighted by atomic mass is 9.75. The lowest BCUT2D eigenvalue weighted by Crippen LogP contribution is -2.52. The van der Waals surface area contributed by atoms with Gasteiger partial charge in [0.2, 0.25) is 0 Å². The zero-order valence-electron chi connectivity index (χ0n) is 12.0. The van der Waals surface area contributed by atoms with Gasteiger partial charge in [0.1, 0.15) is 5.54 Å². The molecular formula is C13H25BN2O4. The van der Waals surface area contributed by atoms with Gasteiger partial charge in [-0.1, -0.05) is 6.42 Å². The number of rotatable bonds is 6. The third kappa shape index (κ3) is 2.86. The fourth-order valence-electron chi connectivity index (χ4n) is 4.33. The van der Waals surface area contributed by atoms with E-state index < -0.39 is 18.6 Å². The van der Waals surface area contributed by atoms with E-state index >= 15 is 0 Å². The Hall–Kier alpha value is -0.625. The molecule has 2 saturated carbocycles. The Morgan fingerprint density at radius 3 is 2.70 bits per heavy atom. The molecule has 5 atom stereocenters. The molecule has 6 nitrogen and oxygen atoms in total. The van der Waals surface area contributed by atoms with Crippen molar-refractivity contribution >= 4 is 13.1 Å². The molecule has 2 aliphatic rings. The average molecular weight is 284 g/mol. The summed E-state index contributed by atoms with van der Waals surface area (Å²) < 4.78 is 0. The van der Waals surface area contributed by atoms with Gasteiger partial charge in [-0.3, -0.25) is 4.79 Å². The van der Waals surface area contributed by atoms with Crippen LogP contribution in [0.15, 0.2) is 0 Å². The molecule has 0 saturated heterocycles. The molecule has 0 unspecified atom stereocenters. The van der Waals surface area contributed by atoms with E-state index in [2.05, 4.69) is 5.32 Å². The predicted molar refractivity (Wildman–Crippen MR) is 76.0 cm³/mol. The van der Waals surface area contributed by atoms with Gasteiger partial charge in [0.05, 0.1) is 0 Å². The summed E-state index contributed by atoms with van der Waals surface area (Å²) in [4.78, 5) is 11.6. The topological polar surface area (TPSA) is 116 Å². The highest BCUT2D eigenvalue weighted by Crippen LogP contribution is 2.53. The standard InChI is InChI=1S/C13H25BN2O4/c1-16-9-5-8-7-13(15,12(17)18)11(10(8)6-9)3-2-4-14(19)20/h8-11,16,19-20H,2-7,15H2,1H3,(H,17,18)/t8-,9-,10-,11+,13+/m1/s1. The van der Waals surface area contributed by atoms with E-state index in [0.29, 0.717) is 37.1 Å². The first-order valence-corrected chi connectivity index (χ1v) is 7.44. The second-order valence-electron chi connectivity index (χ2n) is 6.45. The summed E-state index contributed by atoms with van der Waals surface area (Å²) in [5.74, 6) is -0.272. The van der Waals surface area contributed by atoms with Crippen LogP contribution in [-0.4, -0.2) is 46.9 Å². The lowest BCUT2D eigenvalue weighted by molar-refractivity contribution is -0.145. The maximum absolute atomic E-state index is 11.6. The Labute approximate surface area is 119 Å². The van der Waals surface area contributed by atoms with Gasteiger partial charge in [0, 0.05) is 6.04 Å². The van der Waals surface area contributed by atoms with Crippen molar-refractivity contribution in [2.75, 3.05) is 7.05 Å². The summed E-state index contributed by atoms with van der Waals surface area (Å²) in [6, 6.07) is 0.453. The van der Waals surface area contributed by atoms with Gasteiger partial charge in [-0.15, -0.1) is 0 Å². The minimum Gasteiger partial charge on any atom is -0.480 e. The van der Waals surface area contributed by atoms with Crippen molar-refractivity contribution in [3.63, 3.8) is 0 Å². The molecule has 6 N–H and O–H groups in total. The number of fused-ring (bicyclic) bond motifs is 1. The molecule has 0 aromatic heterocycles. The normalized spacial score (nSPS) is 39.8. The summed E-state index contributed by atoms with van der Waals surface area (Å²) in [5, 5.41) is 30.6. The molecule has 0 aromatic rings. The van der Waals surface area contributed by atoms with E-state index in [0.717, 1.165) is 12.8 Å². The van der Waals surface area contributed by atoms with Crippen LogP contribution in [0.2, 0.25) is 6.32 Å². The zero-order valence-corrected chi connectivity index (χ0v) is 12.0. The van der Waals surface area contributed by atoms with Gasteiger partial charge in [-0.25, -0.2) is 0 Å².